The van der Waals surface area contributed by atoms with Crippen molar-refractivity contribution < 1.29 is 14.9 Å². The monoisotopic (exact) mass is 301 g/mol. The van der Waals surface area contributed by atoms with Gasteiger partial charge in [0.1, 0.15) is 18.3 Å². The number of nitrogen functional groups attached to an aromatic ring is 1. The molecule has 1 aliphatic rings. The smallest absolute Gasteiger partial charge is 0.280 e. The molecule has 1 aliphatic heterocycles. The fourth-order valence-electron chi connectivity index (χ4n) is 2.22. The molecular formula is C10H12ClN5O4. The molecule has 5 N–H and O–H groups in total. The second kappa shape index (κ2) is 4.70. The molecule has 2 aromatic rings. The molecule has 9 nitrogen and oxygen atoms in total. The highest BCUT2D eigenvalue weighted by molar-refractivity contribution is 6.18. The minimum atomic E-state index is -1.21. The fourth-order valence-corrected chi connectivity index (χ4v) is 2.47. The molecule has 3 rings (SSSR count). The molecule has 20 heavy (non-hydrogen) atoms. The molecule has 10 heteroatoms. The standard InChI is InChI=1S/C10H12ClN5O4/c11-1-3-5(17)6(18)9(20-3)16-2-13-4-7(16)14-10(12)15-8(4)19/h2-3,5-6,9,17-18H,1H2,(H3,12,14,15,19)/t3-,5?,6?,9-/m1/s1. The number of rotatable bonds is 2. The van der Waals surface area contributed by atoms with Crippen LogP contribution in [0.25, 0.3) is 11.2 Å². The number of alkyl halides is 1. The van der Waals surface area contributed by atoms with Gasteiger partial charge >= 0.3 is 0 Å². The predicted octanol–water partition coefficient (Wildman–Crippen LogP) is -1.44. The number of aliphatic hydroxyl groups excluding tert-OH is 2. The summed E-state index contributed by atoms with van der Waals surface area (Å²) < 4.78 is 6.81. The summed E-state index contributed by atoms with van der Waals surface area (Å²) >= 11 is 5.65. The summed E-state index contributed by atoms with van der Waals surface area (Å²) in [6.45, 7) is 0. The van der Waals surface area contributed by atoms with E-state index in [0.29, 0.717) is 0 Å². The minimum Gasteiger partial charge on any atom is -0.387 e. The summed E-state index contributed by atoms with van der Waals surface area (Å²) in [5, 5.41) is 19.8. The number of aromatic nitrogens is 4. The highest BCUT2D eigenvalue weighted by atomic mass is 35.5. The summed E-state index contributed by atoms with van der Waals surface area (Å²) in [6, 6.07) is 0. The largest absolute Gasteiger partial charge is 0.387 e. The maximum atomic E-state index is 11.7. The Kier molecular flexibility index (Phi) is 3.13. The van der Waals surface area contributed by atoms with E-state index in [2.05, 4.69) is 15.0 Å². The van der Waals surface area contributed by atoms with Crippen LogP contribution in [-0.2, 0) is 4.74 Å². The van der Waals surface area contributed by atoms with Gasteiger partial charge in [0.15, 0.2) is 17.4 Å². The van der Waals surface area contributed by atoms with Gasteiger partial charge in [0.05, 0.1) is 12.2 Å². The van der Waals surface area contributed by atoms with Crippen LogP contribution in [0.3, 0.4) is 0 Å². The molecule has 108 valence electrons. The number of imidazole rings is 1. The fraction of sp³-hybridized carbons (Fsp3) is 0.500. The van der Waals surface area contributed by atoms with E-state index in [0.717, 1.165) is 0 Å². The summed E-state index contributed by atoms with van der Waals surface area (Å²) in [5.74, 6) is -0.0523. The molecule has 0 amide bonds. The number of aliphatic hydroxyl groups is 2. The number of nitrogens with zero attached hydrogens (tertiary/aromatic N) is 3. The molecule has 0 spiro atoms. The van der Waals surface area contributed by atoms with Gasteiger partial charge in [-0.15, -0.1) is 11.6 Å². The zero-order valence-electron chi connectivity index (χ0n) is 10.1. The molecule has 0 saturated carbocycles. The molecule has 2 unspecified atom stereocenters. The van der Waals surface area contributed by atoms with Crippen LogP contribution >= 0.6 is 11.6 Å². The zero-order valence-corrected chi connectivity index (χ0v) is 10.9. The van der Waals surface area contributed by atoms with Crippen molar-refractivity contribution in [2.24, 2.45) is 0 Å². The Balaban J connectivity index is 2.09. The van der Waals surface area contributed by atoms with Crippen molar-refractivity contribution in [1.82, 2.24) is 19.5 Å². The summed E-state index contributed by atoms with van der Waals surface area (Å²) in [6.07, 6.45) is -2.70. The lowest BCUT2D eigenvalue weighted by molar-refractivity contribution is -0.0291. The van der Waals surface area contributed by atoms with Crippen LogP contribution in [0.4, 0.5) is 5.95 Å². The van der Waals surface area contributed by atoms with E-state index in [1.165, 1.54) is 10.9 Å². The molecule has 3 heterocycles. The molecule has 0 aliphatic carbocycles. The molecule has 0 radical (unpaired) electrons. The van der Waals surface area contributed by atoms with E-state index < -0.39 is 30.1 Å². The van der Waals surface area contributed by atoms with Crippen molar-refractivity contribution in [3.8, 4) is 0 Å². The number of nitrogens with one attached hydrogen (secondary N) is 1. The molecule has 2 aromatic heterocycles. The quantitative estimate of drug-likeness (QED) is 0.498. The zero-order chi connectivity index (χ0) is 14.4. The Bertz CT molecular complexity index is 701. The van der Waals surface area contributed by atoms with Crippen molar-refractivity contribution in [1.29, 1.82) is 0 Å². The van der Waals surface area contributed by atoms with Crippen molar-refractivity contribution in [3.05, 3.63) is 16.7 Å². The number of hydrogen-bond acceptors (Lipinski definition) is 7. The number of H-pyrrole nitrogens is 1. The third-order valence-corrected chi connectivity index (χ3v) is 3.52. The highest BCUT2D eigenvalue weighted by Gasteiger charge is 2.43. The average Bonchev–Trinajstić information content (AvgIpc) is 2.93. The Morgan fingerprint density at radius 2 is 2.25 bits per heavy atom. The maximum Gasteiger partial charge on any atom is 0.280 e. The third kappa shape index (κ3) is 1.86. The van der Waals surface area contributed by atoms with E-state index in [4.69, 9.17) is 22.1 Å². The van der Waals surface area contributed by atoms with Gasteiger partial charge in [-0.05, 0) is 0 Å². The first-order valence-corrected chi connectivity index (χ1v) is 6.36. The maximum absolute atomic E-state index is 11.7. The van der Waals surface area contributed by atoms with E-state index in [1.807, 2.05) is 0 Å². The first-order valence-electron chi connectivity index (χ1n) is 5.83. The molecule has 0 bridgehead atoms. The summed E-state index contributed by atoms with van der Waals surface area (Å²) in [7, 11) is 0. The molecule has 1 saturated heterocycles. The Hall–Kier alpha value is -1.68. The molecular weight excluding hydrogens is 290 g/mol. The summed E-state index contributed by atoms with van der Waals surface area (Å²) in [4.78, 5) is 21.9. The number of aromatic amines is 1. The number of ether oxygens (including phenoxy) is 1. The Morgan fingerprint density at radius 3 is 2.90 bits per heavy atom. The van der Waals surface area contributed by atoms with Crippen LogP contribution in [0.1, 0.15) is 6.23 Å². The lowest BCUT2D eigenvalue weighted by atomic mass is 10.1. The lowest BCUT2D eigenvalue weighted by Crippen LogP contribution is -2.32. The van der Waals surface area contributed by atoms with E-state index in [-0.39, 0.29) is 23.0 Å². The Morgan fingerprint density at radius 1 is 1.50 bits per heavy atom. The van der Waals surface area contributed by atoms with Gasteiger partial charge < -0.3 is 20.7 Å². The van der Waals surface area contributed by atoms with Crippen molar-refractivity contribution in [3.63, 3.8) is 0 Å². The lowest BCUT2D eigenvalue weighted by Gasteiger charge is -2.16. The first kappa shape index (κ1) is 13.3. The molecule has 4 atom stereocenters. The van der Waals surface area contributed by atoms with Crippen molar-refractivity contribution in [2.75, 3.05) is 11.6 Å². The number of fused-ring (bicyclic) bond motifs is 1. The number of anilines is 1. The van der Waals surface area contributed by atoms with Gasteiger partial charge in [0.25, 0.3) is 5.56 Å². The normalized spacial score (nSPS) is 30.1. The topological polar surface area (TPSA) is 139 Å². The van der Waals surface area contributed by atoms with Crippen LogP contribution in [-0.4, -0.2) is 53.9 Å². The van der Waals surface area contributed by atoms with Crippen molar-refractivity contribution in [2.45, 2.75) is 24.5 Å². The Labute approximate surface area is 117 Å². The van der Waals surface area contributed by atoms with E-state index in [1.54, 1.807) is 0 Å². The van der Waals surface area contributed by atoms with Gasteiger partial charge in [-0.3, -0.25) is 14.3 Å². The van der Waals surface area contributed by atoms with Gasteiger partial charge in [0.2, 0.25) is 5.95 Å². The SMILES string of the molecule is Nc1nc2c(ncn2[C@@H]2O[C@H](CCl)C(O)C2O)c(=O)[nH]1. The van der Waals surface area contributed by atoms with Gasteiger partial charge in [-0.1, -0.05) is 0 Å². The van der Waals surface area contributed by atoms with Crippen LogP contribution in [0, 0.1) is 0 Å². The van der Waals surface area contributed by atoms with Crippen LogP contribution < -0.4 is 11.3 Å². The van der Waals surface area contributed by atoms with Crippen LogP contribution in [0.15, 0.2) is 11.1 Å². The number of nitrogens with two attached hydrogens (primary N) is 1. The average molecular weight is 302 g/mol. The highest BCUT2D eigenvalue weighted by Crippen LogP contribution is 2.31. The van der Waals surface area contributed by atoms with Gasteiger partial charge in [0, 0.05) is 0 Å². The van der Waals surface area contributed by atoms with Crippen LogP contribution in [0.2, 0.25) is 0 Å². The minimum absolute atomic E-state index is 0.0253. The van der Waals surface area contributed by atoms with Crippen molar-refractivity contribution >= 4 is 28.7 Å². The molecule has 1 fully saturated rings. The molecule has 0 aromatic carbocycles. The second-order valence-electron chi connectivity index (χ2n) is 4.48. The predicted molar refractivity (Wildman–Crippen MR) is 69.2 cm³/mol. The van der Waals surface area contributed by atoms with Gasteiger partial charge in [-0.2, -0.15) is 4.98 Å². The summed E-state index contributed by atoms with van der Waals surface area (Å²) in [5.41, 5.74) is 5.23. The van der Waals surface area contributed by atoms with Gasteiger partial charge in [-0.25, -0.2) is 4.98 Å². The van der Waals surface area contributed by atoms with E-state index >= 15 is 0 Å². The number of halogens is 1. The van der Waals surface area contributed by atoms with E-state index in [9.17, 15) is 15.0 Å². The second-order valence-corrected chi connectivity index (χ2v) is 4.78. The third-order valence-electron chi connectivity index (χ3n) is 3.21. The van der Waals surface area contributed by atoms with Crippen LogP contribution in [0.5, 0.6) is 0 Å². The first-order chi connectivity index (χ1) is 9.52. The number of hydrogen-bond donors (Lipinski definition) is 4.